The Kier molecular flexibility index (Phi) is 5.99. The minimum absolute atomic E-state index is 0.00588. The van der Waals surface area contributed by atoms with Crippen LogP contribution in [0.15, 0.2) is 39.9 Å². The molecule has 1 heterocycles. The van der Waals surface area contributed by atoms with E-state index in [1.54, 1.807) is 0 Å². The molecule has 5 aliphatic rings. The Labute approximate surface area is 223 Å². The molecule has 6 rings (SSSR count). The van der Waals surface area contributed by atoms with Crippen LogP contribution >= 0.6 is 15.9 Å². The molecule has 2 N–H and O–H groups in total. The molecule has 0 radical (unpaired) electrons. The Bertz CT molecular complexity index is 1180. The molecule has 1 aliphatic heterocycles. The van der Waals surface area contributed by atoms with Crippen molar-refractivity contribution in [3.63, 3.8) is 0 Å². The predicted octanol–water partition coefficient (Wildman–Crippen LogP) is 6.01. The van der Waals surface area contributed by atoms with Gasteiger partial charge in [-0.2, -0.15) is 13.2 Å². The summed E-state index contributed by atoms with van der Waals surface area (Å²) in [6, 6.07) is 8.03. The fraction of sp³-hybridized carbons (Fsp3) is 0.655. The molecule has 1 aromatic carbocycles. The summed E-state index contributed by atoms with van der Waals surface area (Å²) in [5.74, 6) is 2.88. The first-order valence-corrected chi connectivity index (χ1v) is 14.0. The highest BCUT2D eigenvalue weighted by atomic mass is 79.9. The van der Waals surface area contributed by atoms with E-state index in [9.17, 15) is 23.4 Å². The van der Waals surface area contributed by atoms with Crippen molar-refractivity contribution in [2.45, 2.75) is 87.4 Å². The molecule has 6 atom stereocenters. The van der Waals surface area contributed by atoms with Gasteiger partial charge in [0.25, 0.3) is 0 Å². The van der Waals surface area contributed by atoms with Gasteiger partial charge in [0.2, 0.25) is 0 Å². The zero-order valence-corrected chi connectivity index (χ0v) is 22.4. The van der Waals surface area contributed by atoms with Gasteiger partial charge in [-0.3, -0.25) is 0 Å². The van der Waals surface area contributed by atoms with Gasteiger partial charge in [-0.15, -0.1) is 0 Å². The molecule has 0 bridgehead atoms. The normalized spacial score (nSPS) is 40.6. The molecule has 1 spiro atoms. The number of hydrogen-bond donors (Lipinski definition) is 2. The van der Waals surface area contributed by atoms with E-state index in [4.69, 9.17) is 9.47 Å². The van der Waals surface area contributed by atoms with Gasteiger partial charge in [0.15, 0.2) is 5.79 Å². The molecule has 4 aliphatic carbocycles. The molecule has 1 aromatic rings. The van der Waals surface area contributed by atoms with Crippen LogP contribution in [-0.4, -0.2) is 46.6 Å². The number of hydrogen-bond acceptors (Lipinski definition) is 4. The molecule has 1 saturated heterocycles. The smallest absolute Gasteiger partial charge is 0.385 e. The van der Waals surface area contributed by atoms with Crippen LogP contribution in [0.5, 0.6) is 0 Å². The van der Waals surface area contributed by atoms with Crippen LogP contribution in [0.4, 0.5) is 13.2 Å². The fourth-order valence-corrected chi connectivity index (χ4v) is 8.66. The fourth-order valence-electron chi connectivity index (χ4n) is 8.39. The van der Waals surface area contributed by atoms with Crippen molar-refractivity contribution in [3.05, 3.63) is 45.4 Å². The molecule has 200 valence electrons. The van der Waals surface area contributed by atoms with Crippen molar-refractivity contribution in [2.24, 2.45) is 17.3 Å². The van der Waals surface area contributed by atoms with Crippen molar-refractivity contribution in [3.8, 4) is 11.8 Å². The van der Waals surface area contributed by atoms with Crippen LogP contribution in [0.2, 0.25) is 0 Å². The van der Waals surface area contributed by atoms with E-state index in [2.05, 4.69) is 21.9 Å². The highest BCUT2D eigenvalue weighted by Crippen LogP contribution is 2.67. The van der Waals surface area contributed by atoms with Crippen LogP contribution in [0.25, 0.3) is 0 Å². The van der Waals surface area contributed by atoms with Gasteiger partial charge in [-0.1, -0.05) is 46.5 Å². The molecule has 37 heavy (non-hydrogen) atoms. The average Bonchev–Trinajstić information content (AvgIpc) is 3.38. The molecule has 6 unspecified atom stereocenters. The Morgan fingerprint density at radius 1 is 1.03 bits per heavy atom. The highest BCUT2D eigenvalue weighted by Gasteiger charge is 2.64. The van der Waals surface area contributed by atoms with Crippen LogP contribution in [0, 0.1) is 29.1 Å². The first-order chi connectivity index (χ1) is 17.4. The van der Waals surface area contributed by atoms with Crippen LogP contribution in [0.1, 0.15) is 69.8 Å². The Morgan fingerprint density at radius 2 is 1.73 bits per heavy atom. The lowest BCUT2D eigenvalue weighted by Crippen LogP contribution is -2.55. The average molecular weight is 581 g/mol. The summed E-state index contributed by atoms with van der Waals surface area (Å²) in [5.41, 5.74) is -0.222. The lowest BCUT2D eigenvalue weighted by molar-refractivity contribution is -0.208. The first kappa shape index (κ1) is 25.9. The van der Waals surface area contributed by atoms with E-state index in [1.165, 1.54) is 11.5 Å². The number of fused-ring (bicyclic) bond motifs is 4. The molecule has 0 amide bonds. The molecule has 0 aromatic heterocycles. The summed E-state index contributed by atoms with van der Waals surface area (Å²) in [6.07, 6.45) is -0.331. The van der Waals surface area contributed by atoms with Crippen molar-refractivity contribution >= 4 is 15.9 Å². The van der Waals surface area contributed by atoms with E-state index in [0.29, 0.717) is 58.2 Å². The van der Waals surface area contributed by atoms with Gasteiger partial charge in [-0.05, 0) is 73.6 Å². The van der Waals surface area contributed by atoms with Gasteiger partial charge >= 0.3 is 6.18 Å². The first-order valence-electron chi connectivity index (χ1n) is 13.2. The number of alkyl halides is 3. The second kappa shape index (κ2) is 8.56. The maximum absolute atomic E-state index is 13.1. The monoisotopic (exact) mass is 580 g/mol. The van der Waals surface area contributed by atoms with Crippen LogP contribution < -0.4 is 0 Å². The number of ether oxygens (including phenoxy) is 2. The van der Waals surface area contributed by atoms with E-state index in [-0.39, 0.29) is 24.2 Å². The van der Waals surface area contributed by atoms with Gasteiger partial charge in [0.1, 0.15) is 5.60 Å². The zero-order chi connectivity index (χ0) is 26.3. The van der Waals surface area contributed by atoms with Gasteiger partial charge in [0.05, 0.1) is 18.8 Å². The molecule has 8 heteroatoms. The minimum Gasteiger partial charge on any atom is -0.385 e. The standard InChI is InChI=1S/C29H32BrF3O4/c1-25-16-21(18-2-4-19(30)5-3-18)24-20(22(25)7-10-27(25,35)12-13-29(31,32)33)6-9-26(34)17-28(11-8-23(24)26)36-14-15-37-28/h2-5,20-22,34-35H,6-11,14-17H2,1H3. The maximum atomic E-state index is 13.1. The summed E-state index contributed by atoms with van der Waals surface area (Å²) >= 11 is 3.50. The molecule has 4 fully saturated rings. The Morgan fingerprint density at radius 3 is 2.41 bits per heavy atom. The van der Waals surface area contributed by atoms with Crippen molar-refractivity contribution < 1.29 is 32.9 Å². The maximum Gasteiger partial charge on any atom is 0.457 e. The third-order valence-corrected chi connectivity index (χ3v) is 10.6. The summed E-state index contributed by atoms with van der Waals surface area (Å²) < 4.78 is 52.1. The van der Waals surface area contributed by atoms with Crippen molar-refractivity contribution in [1.29, 1.82) is 0 Å². The number of allylic oxidation sites excluding steroid dienone is 1. The largest absolute Gasteiger partial charge is 0.457 e. The summed E-state index contributed by atoms with van der Waals surface area (Å²) in [5, 5.41) is 23.7. The topological polar surface area (TPSA) is 58.9 Å². The number of rotatable bonds is 1. The van der Waals surface area contributed by atoms with E-state index in [0.717, 1.165) is 15.6 Å². The third-order valence-electron chi connectivity index (χ3n) is 10.1. The van der Waals surface area contributed by atoms with Gasteiger partial charge < -0.3 is 19.7 Å². The summed E-state index contributed by atoms with van der Waals surface area (Å²) in [7, 11) is 0. The van der Waals surface area contributed by atoms with E-state index >= 15 is 0 Å². The van der Waals surface area contributed by atoms with Crippen LogP contribution in [-0.2, 0) is 9.47 Å². The zero-order valence-electron chi connectivity index (χ0n) is 20.8. The molecular weight excluding hydrogens is 549 g/mol. The lowest BCUT2D eigenvalue weighted by Gasteiger charge is -2.57. The van der Waals surface area contributed by atoms with Gasteiger partial charge in [-0.25, -0.2) is 0 Å². The number of benzene rings is 1. The molecule has 4 nitrogen and oxygen atoms in total. The second-order valence-corrected chi connectivity index (χ2v) is 12.8. The Hall–Kier alpha value is -1.37. The summed E-state index contributed by atoms with van der Waals surface area (Å²) in [6.45, 7) is 2.99. The Balaban J connectivity index is 1.47. The van der Waals surface area contributed by atoms with Gasteiger partial charge in [0, 0.05) is 34.6 Å². The second-order valence-electron chi connectivity index (χ2n) is 11.9. The van der Waals surface area contributed by atoms with E-state index in [1.807, 2.05) is 31.2 Å². The lowest BCUT2D eigenvalue weighted by atomic mass is 9.49. The van der Waals surface area contributed by atoms with Crippen molar-refractivity contribution in [2.75, 3.05) is 13.2 Å². The summed E-state index contributed by atoms with van der Waals surface area (Å²) in [4.78, 5) is 0. The molecule has 3 saturated carbocycles. The SMILES string of the molecule is CC12CC(c3ccc(Br)cc3)C3=C4CCC5(CC4(O)CCC3C1CCC2(O)C#CC(F)(F)F)OCCO5. The number of aliphatic hydroxyl groups is 2. The third kappa shape index (κ3) is 4.12. The quantitative estimate of drug-likeness (QED) is 0.315. The molecular formula is C29H32BrF3O4. The van der Waals surface area contributed by atoms with Crippen LogP contribution in [0.3, 0.4) is 0 Å². The predicted molar refractivity (Wildman–Crippen MR) is 134 cm³/mol. The van der Waals surface area contributed by atoms with Crippen molar-refractivity contribution in [1.82, 2.24) is 0 Å². The minimum atomic E-state index is -4.65. The number of halogens is 4. The highest BCUT2D eigenvalue weighted by molar-refractivity contribution is 9.10. The van der Waals surface area contributed by atoms with E-state index < -0.39 is 28.6 Å².